The van der Waals surface area contributed by atoms with Crippen LogP contribution in [0.4, 0.5) is 4.39 Å². The number of benzene rings is 1. The highest BCUT2D eigenvalue weighted by Crippen LogP contribution is 2.27. The molecular formula is C13H13BrFNS. The van der Waals surface area contributed by atoms with Gasteiger partial charge in [0.2, 0.25) is 0 Å². The average Bonchev–Trinajstić information content (AvgIpc) is 2.70. The highest BCUT2D eigenvalue weighted by Gasteiger charge is 2.11. The molecule has 0 aliphatic heterocycles. The van der Waals surface area contributed by atoms with E-state index in [4.69, 9.17) is 5.73 Å². The SMILES string of the molecule is Cc1ccc(C(N)Cc2cc(F)ccc2Br)s1. The minimum Gasteiger partial charge on any atom is -0.323 e. The molecule has 17 heavy (non-hydrogen) atoms. The second-order valence-electron chi connectivity index (χ2n) is 3.99. The molecule has 1 unspecified atom stereocenters. The number of aryl methyl sites for hydroxylation is 1. The first-order valence-electron chi connectivity index (χ1n) is 5.32. The van der Waals surface area contributed by atoms with Gasteiger partial charge in [-0.1, -0.05) is 15.9 Å². The normalized spacial score (nSPS) is 12.7. The fraction of sp³-hybridized carbons (Fsp3) is 0.231. The summed E-state index contributed by atoms with van der Waals surface area (Å²) in [6.07, 6.45) is 0.637. The van der Waals surface area contributed by atoms with E-state index >= 15 is 0 Å². The lowest BCUT2D eigenvalue weighted by molar-refractivity contribution is 0.622. The molecule has 0 radical (unpaired) electrons. The van der Waals surface area contributed by atoms with Gasteiger partial charge in [0, 0.05) is 20.3 Å². The highest BCUT2D eigenvalue weighted by molar-refractivity contribution is 9.10. The zero-order valence-corrected chi connectivity index (χ0v) is 11.8. The number of thiophene rings is 1. The van der Waals surface area contributed by atoms with Gasteiger partial charge in [-0.05, 0) is 49.2 Å². The minimum atomic E-state index is -0.224. The Labute approximate surface area is 113 Å². The van der Waals surface area contributed by atoms with Crippen molar-refractivity contribution in [2.24, 2.45) is 5.73 Å². The smallest absolute Gasteiger partial charge is 0.123 e. The van der Waals surface area contributed by atoms with E-state index in [-0.39, 0.29) is 11.9 Å². The van der Waals surface area contributed by atoms with E-state index in [1.165, 1.54) is 17.0 Å². The van der Waals surface area contributed by atoms with Crippen molar-refractivity contribution >= 4 is 27.3 Å². The molecule has 4 heteroatoms. The van der Waals surface area contributed by atoms with Crippen LogP contribution >= 0.6 is 27.3 Å². The molecular weight excluding hydrogens is 301 g/mol. The Hall–Kier alpha value is -0.710. The Kier molecular flexibility index (Phi) is 3.97. The van der Waals surface area contributed by atoms with E-state index in [1.807, 2.05) is 6.07 Å². The van der Waals surface area contributed by atoms with Gasteiger partial charge in [0.15, 0.2) is 0 Å². The highest BCUT2D eigenvalue weighted by atomic mass is 79.9. The first-order valence-corrected chi connectivity index (χ1v) is 6.93. The standard InChI is InChI=1S/C13H13BrFNS/c1-8-2-5-13(17-8)12(16)7-9-6-10(15)3-4-11(9)14/h2-6,12H,7,16H2,1H3. The van der Waals surface area contributed by atoms with Crippen molar-refractivity contribution in [1.29, 1.82) is 0 Å². The van der Waals surface area contributed by atoms with Crippen LogP contribution in [0.25, 0.3) is 0 Å². The Morgan fingerprint density at radius 3 is 2.76 bits per heavy atom. The largest absolute Gasteiger partial charge is 0.323 e. The van der Waals surface area contributed by atoms with Gasteiger partial charge in [-0.25, -0.2) is 4.39 Å². The van der Waals surface area contributed by atoms with Crippen LogP contribution < -0.4 is 5.73 Å². The predicted octanol–water partition coefficient (Wildman–Crippen LogP) is 4.20. The van der Waals surface area contributed by atoms with Crippen LogP contribution in [0.15, 0.2) is 34.8 Å². The van der Waals surface area contributed by atoms with Gasteiger partial charge in [0.25, 0.3) is 0 Å². The number of nitrogens with two attached hydrogens (primary N) is 1. The molecule has 0 amide bonds. The molecule has 0 fully saturated rings. The monoisotopic (exact) mass is 313 g/mol. The van der Waals surface area contributed by atoms with Gasteiger partial charge in [-0.15, -0.1) is 11.3 Å². The van der Waals surface area contributed by atoms with Gasteiger partial charge < -0.3 is 5.73 Å². The quantitative estimate of drug-likeness (QED) is 0.903. The maximum absolute atomic E-state index is 13.1. The Morgan fingerprint density at radius 2 is 2.12 bits per heavy atom. The van der Waals surface area contributed by atoms with Crippen molar-refractivity contribution in [2.45, 2.75) is 19.4 Å². The number of hydrogen-bond donors (Lipinski definition) is 1. The zero-order valence-electron chi connectivity index (χ0n) is 9.41. The summed E-state index contributed by atoms with van der Waals surface area (Å²) >= 11 is 5.11. The summed E-state index contributed by atoms with van der Waals surface area (Å²) in [6, 6.07) is 8.71. The Morgan fingerprint density at radius 1 is 1.35 bits per heavy atom. The molecule has 2 N–H and O–H groups in total. The summed E-state index contributed by atoms with van der Waals surface area (Å²) < 4.78 is 14.1. The van der Waals surface area contributed by atoms with E-state index in [0.29, 0.717) is 6.42 Å². The van der Waals surface area contributed by atoms with Crippen LogP contribution in [0.2, 0.25) is 0 Å². The molecule has 1 aromatic carbocycles. The second-order valence-corrected chi connectivity index (χ2v) is 6.17. The lowest BCUT2D eigenvalue weighted by Gasteiger charge is -2.11. The average molecular weight is 314 g/mol. The van der Waals surface area contributed by atoms with Crippen molar-refractivity contribution in [1.82, 2.24) is 0 Å². The van der Waals surface area contributed by atoms with E-state index < -0.39 is 0 Å². The summed E-state index contributed by atoms with van der Waals surface area (Å²) in [5, 5.41) is 0. The van der Waals surface area contributed by atoms with Gasteiger partial charge in [-0.2, -0.15) is 0 Å². The molecule has 0 aliphatic carbocycles. The Bertz CT molecular complexity index is 524. The van der Waals surface area contributed by atoms with E-state index in [9.17, 15) is 4.39 Å². The summed E-state index contributed by atoms with van der Waals surface area (Å²) in [6.45, 7) is 2.05. The molecule has 90 valence electrons. The lowest BCUT2D eigenvalue weighted by atomic mass is 10.1. The van der Waals surface area contributed by atoms with E-state index in [0.717, 1.165) is 14.9 Å². The minimum absolute atomic E-state index is 0.0770. The first kappa shape index (κ1) is 12.7. The maximum Gasteiger partial charge on any atom is 0.123 e. The molecule has 2 rings (SSSR count). The van der Waals surface area contributed by atoms with Crippen molar-refractivity contribution in [3.63, 3.8) is 0 Å². The van der Waals surface area contributed by atoms with Crippen molar-refractivity contribution < 1.29 is 4.39 Å². The fourth-order valence-corrected chi connectivity index (χ4v) is 2.98. The zero-order chi connectivity index (χ0) is 12.4. The number of rotatable bonds is 3. The van der Waals surface area contributed by atoms with Crippen molar-refractivity contribution in [2.75, 3.05) is 0 Å². The third-order valence-corrected chi connectivity index (χ3v) is 4.48. The molecule has 0 spiro atoms. The fourth-order valence-electron chi connectivity index (χ4n) is 1.69. The third kappa shape index (κ3) is 3.15. The summed E-state index contributed by atoms with van der Waals surface area (Å²) in [7, 11) is 0. The van der Waals surface area contributed by atoms with Gasteiger partial charge in [0.1, 0.15) is 5.82 Å². The van der Waals surface area contributed by atoms with E-state index in [1.54, 1.807) is 17.4 Å². The molecule has 0 saturated carbocycles. The molecule has 0 saturated heterocycles. The van der Waals surface area contributed by atoms with E-state index in [2.05, 4.69) is 28.9 Å². The summed E-state index contributed by atoms with van der Waals surface area (Å²) in [5.41, 5.74) is 7.03. The van der Waals surface area contributed by atoms with Crippen molar-refractivity contribution in [3.05, 3.63) is 55.9 Å². The predicted molar refractivity (Wildman–Crippen MR) is 73.8 cm³/mol. The Balaban J connectivity index is 2.18. The second kappa shape index (κ2) is 5.29. The molecule has 2 aromatic rings. The lowest BCUT2D eigenvalue weighted by Crippen LogP contribution is -2.12. The molecule has 1 nitrogen and oxygen atoms in total. The molecule has 0 aliphatic rings. The van der Waals surface area contributed by atoms with Crippen LogP contribution in [-0.2, 0) is 6.42 Å². The first-order chi connectivity index (χ1) is 8.06. The van der Waals surface area contributed by atoms with Gasteiger partial charge in [0.05, 0.1) is 0 Å². The number of halogens is 2. The molecule has 1 aromatic heterocycles. The summed E-state index contributed by atoms with van der Waals surface area (Å²) in [5.74, 6) is -0.224. The van der Waals surface area contributed by atoms with Crippen LogP contribution in [-0.4, -0.2) is 0 Å². The molecule has 0 bridgehead atoms. The number of hydrogen-bond acceptors (Lipinski definition) is 2. The van der Waals surface area contributed by atoms with Crippen molar-refractivity contribution in [3.8, 4) is 0 Å². The van der Waals surface area contributed by atoms with Crippen LogP contribution in [0.1, 0.15) is 21.4 Å². The molecule has 1 heterocycles. The van der Waals surface area contributed by atoms with Crippen LogP contribution in [0, 0.1) is 12.7 Å². The van der Waals surface area contributed by atoms with Crippen LogP contribution in [0.5, 0.6) is 0 Å². The third-order valence-electron chi connectivity index (χ3n) is 2.57. The van der Waals surface area contributed by atoms with Gasteiger partial charge >= 0.3 is 0 Å². The molecule has 1 atom stereocenters. The maximum atomic E-state index is 13.1. The summed E-state index contributed by atoms with van der Waals surface area (Å²) in [4.78, 5) is 2.38. The topological polar surface area (TPSA) is 26.0 Å². The van der Waals surface area contributed by atoms with Gasteiger partial charge in [-0.3, -0.25) is 0 Å². The van der Waals surface area contributed by atoms with Crippen LogP contribution in [0.3, 0.4) is 0 Å².